The van der Waals surface area contributed by atoms with Crippen molar-refractivity contribution in [2.45, 2.75) is 0 Å². The minimum Gasteiger partial charge on any atom is -0.507 e. The number of benzene rings is 1. The molecule has 1 heterocycles. The van der Waals surface area contributed by atoms with Crippen LogP contribution in [0, 0.1) is 6.07 Å². The number of nitrogens with zero attached hydrogens (tertiary/aromatic N) is 1. The summed E-state index contributed by atoms with van der Waals surface area (Å²) in [5.74, 6) is 0.203. The molecule has 0 aliphatic rings. The molecule has 0 aliphatic heterocycles. The van der Waals surface area contributed by atoms with Gasteiger partial charge in [0.2, 0.25) is 0 Å². The molecule has 2 aromatic rings. The maximum atomic E-state index is 9.51. The number of pyridine rings is 1. The Morgan fingerprint density at radius 1 is 1.21 bits per heavy atom. The summed E-state index contributed by atoms with van der Waals surface area (Å²) in [7, 11) is 0. The number of hydrogen-bond donors (Lipinski definition) is 2. The van der Waals surface area contributed by atoms with Gasteiger partial charge in [0.25, 0.3) is 0 Å². The molecule has 3 heteroatoms. The summed E-state index contributed by atoms with van der Waals surface area (Å²) in [4.78, 5) is 3.83. The summed E-state index contributed by atoms with van der Waals surface area (Å²) in [6, 6.07) is 9.18. The van der Waals surface area contributed by atoms with Crippen LogP contribution in [0.25, 0.3) is 11.1 Å². The van der Waals surface area contributed by atoms with E-state index in [1.54, 1.807) is 24.4 Å². The van der Waals surface area contributed by atoms with Gasteiger partial charge in [-0.05, 0) is 24.3 Å². The molecule has 0 amide bonds. The van der Waals surface area contributed by atoms with Crippen molar-refractivity contribution in [3.63, 3.8) is 0 Å². The minimum absolute atomic E-state index is 0.0785. The van der Waals surface area contributed by atoms with E-state index in [0.29, 0.717) is 11.1 Å². The Bertz CT molecular complexity index is 455. The average molecular weight is 186 g/mol. The number of hydrogen-bond acceptors (Lipinski definition) is 3. The normalized spacial score (nSPS) is 10.0. The van der Waals surface area contributed by atoms with Gasteiger partial charge in [-0.2, -0.15) is 0 Å². The first-order valence-corrected chi connectivity index (χ1v) is 4.11. The highest BCUT2D eigenvalue weighted by atomic mass is 16.3. The van der Waals surface area contributed by atoms with Crippen molar-refractivity contribution in [1.82, 2.24) is 4.98 Å². The highest BCUT2D eigenvalue weighted by Gasteiger charge is 2.03. The van der Waals surface area contributed by atoms with Crippen LogP contribution >= 0.6 is 0 Å². The van der Waals surface area contributed by atoms with Gasteiger partial charge in [0, 0.05) is 17.3 Å². The average Bonchev–Trinajstić information content (AvgIpc) is 2.18. The summed E-state index contributed by atoms with van der Waals surface area (Å²) in [6.07, 6.45) is 2.92. The summed E-state index contributed by atoms with van der Waals surface area (Å²) in [5.41, 5.74) is 1.31. The van der Waals surface area contributed by atoms with Crippen LogP contribution in [0.1, 0.15) is 0 Å². The molecular weight excluding hydrogens is 178 g/mol. The van der Waals surface area contributed by atoms with Crippen LogP contribution in [0.2, 0.25) is 0 Å². The molecule has 1 radical (unpaired) electrons. The van der Waals surface area contributed by atoms with Crippen LogP contribution in [0.3, 0.4) is 0 Å². The van der Waals surface area contributed by atoms with Crippen LogP contribution in [-0.2, 0) is 0 Å². The van der Waals surface area contributed by atoms with Crippen molar-refractivity contribution in [2.24, 2.45) is 0 Å². The van der Waals surface area contributed by atoms with Gasteiger partial charge in [0.15, 0.2) is 0 Å². The van der Waals surface area contributed by atoms with Crippen LogP contribution in [0.5, 0.6) is 11.5 Å². The lowest BCUT2D eigenvalue weighted by molar-refractivity contribution is 0.472. The Labute approximate surface area is 81.3 Å². The lowest BCUT2D eigenvalue weighted by Crippen LogP contribution is -1.80. The van der Waals surface area contributed by atoms with E-state index >= 15 is 0 Å². The second-order valence-electron chi connectivity index (χ2n) is 2.88. The molecule has 0 saturated heterocycles. The van der Waals surface area contributed by atoms with E-state index < -0.39 is 0 Å². The molecule has 14 heavy (non-hydrogen) atoms. The molecule has 2 rings (SSSR count). The molecule has 1 aromatic heterocycles. The number of aromatic hydroxyl groups is 2. The third kappa shape index (κ3) is 1.52. The number of phenols is 1. The first-order valence-electron chi connectivity index (χ1n) is 4.11. The van der Waals surface area contributed by atoms with E-state index in [0.717, 1.165) is 0 Å². The lowest BCUT2D eigenvalue weighted by Gasteiger charge is -2.03. The highest BCUT2D eigenvalue weighted by molar-refractivity contribution is 5.69. The van der Waals surface area contributed by atoms with E-state index in [1.165, 1.54) is 12.3 Å². The highest BCUT2D eigenvalue weighted by Crippen LogP contribution is 2.29. The first kappa shape index (κ1) is 8.56. The fraction of sp³-hybridized carbons (Fsp3) is 0. The van der Waals surface area contributed by atoms with E-state index in [-0.39, 0.29) is 11.5 Å². The third-order valence-electron chi connectivity index (χ3n) is 1.88. The van der Waals surface area contributed by atoms with Gasteiger partial charge in [-0.3, -0.25) is 4.98 Å². The predicted molar refractivity (Wildman–Crippen MR) is 51.8 cm³/mol. The Morgan fingerprint density at radius 3 is 2.79 bits per heavy atom. The van der Waals surface area contributed by atoms with Crippen LogP contribution in [0.4, 0.5) is 0 Å². The smallest absolute Gasteiger partial charge is 0.134 e. The van der Waals surface area contributed by atoms with Crippen molar-refractivity contribution < 1.29 is 10.2 Å². The lowest BCUT2D eigenvalue weighted by atomic mass is 10.1. The maximum Gasteiger partial charge on any atom is 0.134 e. The van der Waals surface area contributed by atoms with Crippen molar-refractivity contribution in [2.75, 3.05) is 0 Å². The standard InChI is InChI=1S/C11H8NO2/c13-9-5-8(6-12-7-9)10-3-1-2-4-11(10)14/h1,3-7,13-14H. The number of rotatable bonds is 1. The Kier molecular flexibility index (Phi) is 2.07. The zero-order chi connectivity index (χ0) is 9.97. The predicted octanol–water partition coefficient (Wildman–Crippen LogP) is 1.96. The Balaban J connectivity index is 2.55. The van der Waals surface area contributed by atoms with E-state index in [2.05, 4.69) is 11.1 Å². The molecule has 0 spiro atoms. The van der Waals surface area contributed by atoms with Gasteiger partial charge in [0.1, 0.15) is 11.5 Å². The van der Waals surface area contributed by atoms with Crippen molar-refractivity contribution in [3.8, 4) is 22.6 Å². The van der Waals surface area contributed by atoms with Gasteiger partial charge in [-0.1, -0.05) is 6.07 Å². The van der Waals surface area contributed by atoms with Crippen molar-refractivity contribution in [1.29, 1.82) is 0 Å². The monoisotopic (exact) mass is 186 g/mol. The number of phenolic OH excluding ortho intramolecular Hbond substituents is 1. The summed E-state index contributed by atoms with van der Waals surface area (Å²) < 4.78 is 0. The zero-order valence-electron chi connectivity index (χ0n) is 7.31. The third-order valence-corrected chi connectivity index (χ3v) is 1.88. The van der Waals surface area contributed by atoms with Gasteiger partial charge >= 0.3 is 0 Å². The molecule has 1 aromatic carbocycles. The Morgan fingerprint density at radius 2 is 2.07 bits per heavy atom. The Hall–Kier alpha value is -2.03. The molecule has 69 valence electrons. The fourth-order valence-electron chi connectivity index (χ4n) is 1.24. The van der Waals surface area contributed by atoms with Gasteiger partial charge in [0.05, 0.1) is 6.20 Å². The van der Waals surface area contributed by atoms with Crippen LogP contribution in [-0.4, -0.2) is 15.2 Å². The topological polar surface area (TPSA) is 53.4 Å². The molecule has 0 saturated carbocycles. The molecule has 0 unspecified atom stereocenters. The van der Waals surface area contributed by atoms with Crippen molar-refractivity contribution >= 4 is 0 Å². The molecule has 0 atom stereocenters. The SMILES string of the molecule is Oc1cncc(-c2cc[c]cc2O)c1. The molecule has 0 aliphatic carbocycles. The minimum atomic E-state index is 0.0785. The maximum absolute atomic E-state index is 9.51. The molecule has 0 fully saturated rings. The second kappa shape index (κ2) is 3.38. The van der Waals surface area contributed by atoms with Gasteiger partial charge in [-0.25, -0.2) is 0 Å². The molecule has 2 N–H and O–H groups in total. The van der Waals surface area contributed by atoms with E-state index in [4.69, 9.17) is 0 Å². The first-order chi connectivity index (χ1) is 6.77. The molecular formula is C11H8NO2. The molecule has 3 nitrogen and oxygen atoms in total. The second-order valence-corrected chi connectivity index (χ2v) is 2.88. The van der Waals surface area contributed by atoms with Crippen molar-refractivity contribution in [3.05, 3.63) is 42.7 Å². The van der Waals surface area contributed by atoms with Crippen LogP contribution < -0.4 is 0 Å². The largest absolute Gasteiger partial charge is 0.507 e. The zero-order valence-corrected chi connectivity index (χ0v) is 7.31. The summed E-state index contributed by atoms with van der Waals surface area (Å²) >= 11 is 0. The van der Waals surface area contributed by atoms with Crippen LogP contribution in [0.15, 0.2) is 36.7 Å². The summed E-state index contributed by atoms with van der Waals surface area (Å²) in [6.45, 7) is 0. The summed E-state index contributed by atoms with van der Waals surface area (Å²) in [5, 5.41) is 18.7. The fourth-order valence-corrected chi connectivity index (χ4v) is 1.24. The van der Waals surface area contributed by atoms with E-state index in [9.17, 15) is 10.2 Å². The van der Waals surface area contributed by atoms with Gasteiger partial charge in [-0.15, -0.1) is 0 Å². The van der Waals surface area contributed by atoms with E-state index in [1.807, 2.05) is 0 Å². The molecule has 0 bridgehead atoms. The number of aromatic nitrogens is 1. The quantitative estimate of drug-likeness (QED) is 0.715. The van der Waals surface area contributed by atoms with Gasteiger partial charge < -0.3 is 10.2 Å².